The normalized spacial score (nSPS) is 13.8. The van der Waals surface area contributed by atoms with E-state index in [0.29, 0.717) is 6.42 Å². The summed E-state index contributed by atoms with van der Waals surface area (Å²) in [4.78, 5) is 12.4. The lowest BCUT2D eigenvalue weighted by Gasteiger charge is -2.19. The van der Waals surface area contributed by atoms with Crippen LogP contribution in [0.5, 0.6) is 0 Å². The molecule has 2 atom stereocenters. The summed E-state index contributed by atoms with van der Waals surface area (Å²) in [5.41, 5.74) is 0. The highest BCUT2D eigenvalue weighted by Crippen LogP contribution is 2.15. The summed E-state index contributed by atoms with van der Waals surface area (Å²) in [5.74, 6) is -0.0823. The second-order valence-electron chi connectivity index (χ2n) is 17.5. The fourth-order valence-electron chi connectivity index (χ4n) is 7.45. The van der Waals surface area contributed by atoms with Gasteiger partial charge in [-0.25, -0.2) is 0 Å². The van der Waals surface area contributed by atoms with Crippen LogP contribution in [0.3, 0.4) is 0 Å². The molecular weight excluding hydrogens is 771 g/mol. The van der Waals surface area contributed by atoms with Crippen LogP contribution in [0.25, 0.3) is 0 Å². The van der Waals surface area contributed by atoms with Crippen LogP contribution in [0.15, 0.2) is 109 Å². The zero-order valence-electron chi connectivity index (χ0n) is 41.3. The van der Waals surface area contributed by atoms with Crippen LogP contribution in [0.4, 0.5) is 0 Å². The molecule has 0 bridgehead atoms. The first-order valence-electron chi connectivity index (χ1n) is 26.6. The van der Waals surface area contributed by atoms with Gasteiger partial charge in [0.15, 0.2) is 0 Å². The van der Waals surface area contributed by atoms with E-state index in [2.05, 4.69) is 116 Å². The Labute approximate surface area is 391 Å². The Morgan fingerprint density at radius 3 is 1.11 bits per heavy atom. The Morgan fingerprint density at radius 1 is 0.397 bits per heavy atom. The lowest BCUT2D eigenvalue weighted by Crippen LogP contribution is -2.45. The van der Waals surface area contributed by atoms with Crippen molar-refractivity contribution in [1.29, 1.82) is 0 Å². The minimum absolute atomic E-state index is 0.0823. The van der Waals surface area contributed by atoms with Gasteiger partial charge in [0, 0.05) is 6.42 Å². The molecule has 0 aromatic carbocycles. The first-order chi connectivity index (χ1) is 31.2. The van der Waals surface area contributed by atoms with Gasteiger partial charge in [-0.2, -0.15) is 0 Å². The Bertz CT molecular complexity index is 1220. The summed E-state index contributed by atoms with van der Waals surface area (Å²) in [5, 5.41) is 23.1. The first kappa shape index (κ1) is 60.1. The molecule has 3 N–H and O–H groups in total. The van der Waals surface area contributed by atoms with Crippen LogP contribution in [0, 0.1) is 0 Å². The minimum atomic E-state index is -0.876. The molecule has 0 aliphatic heterocycles. The van der Waals surface area contributed by atoms with Gasteiger partial charge in [0.1, 0.15) is 0 Å². The number of carbonyl (C=O) groups excluding carboxylic acids is 1. The molecule has 0 rings (SSSR count). The van der Waals surface area contributed by atoms with Crippen LogP contribution in [0.2, 0.25) is 0 Å². The summed E-state index contributed by atoms with van der Waals surface area (Å²) in [6.07, 6.45) is 80.9. The molecule has 0 aromatic heterocycles. The Balaban J connectivity index is 3.59. The largest absolute Gasteiger partial charge is 0.394 e. The highest BCUT2D eigenvalue weighted by atomic mass is 16.3. The van der Waals surface area contributed by atoms with E-state index in [1.54, 1.807) is 6.08 Å². The standard InChI is InChI=1S/C59H101NO3/c1-3-5-7-9-11-13-15-17-19-21-23-24-25-26-27-28-29-30-31-32-33-34-35-36-37-39-41-43-45-47-49-51-53-55-59(63)60-57(56-61)58(62)54-52-50-48-46-44-42-40-38-22-20-18-16-14-12-10-8-6-4-2/h5,7,11,13,17,19,22-24,26-27,29-30,38,44,46,52,54,57-58,61-62H,3-4,6,8-10,12,14-16,18,20-21,25,28,31-37,39-43,45,47-51,53,55-56H2,1-2H3,(H,60,63)/b7-5-,13-11-,19-17-,24-23-,27-26-,30-29-,38-22+,46-44+,54-52+. The number of hydrogen-bond acceptors (Lipinski definition) is 3. The molecular formula is C59H101NO3. The lowest BCUT2D eigenvalue weighted by atomic mass is 10.0. The number of unbranched alkanes of at least 4 members (excludes halogenated alkanes) is 24. The summed E-state index contributed by atoms with van der Waals surface area (Å²) < 4.78 is 0. The van der Waals surface area contributed by atoms with Gasteiger partial charge in [-0.3, -0.25) is 4.79 Å². The predicted octanol–water partition coefficient (Wildman–Crippen LogP) is 17.5. The highest BCUT2D eigenvalue weighted by molar-refractivity contribution is 5.76. The van der Waals surface area contributed by atoms with Gasteiger partial charge in [-0.1, -0.05) is 245 Å². The van der Waals surface area contributed by atoms with Gasteiger partial charge >= 0.3 is 0 Å². The molecule has 0 spiro atoms. The molecule has 0 aromatic rings. The lowest BCUT2D eigenvalue weighted by molar-refractivity contribution is -0.123. The molecule has 0 aliphatic rings. The van der Waals surface area contributed by atoms with E-state index in [1.807, 2.05) is 6.08 Å². The van der Waals surface area contributed by atoms with Crippen molar-refractivity contribution in [1.82, 2.24) is 5.32 Å². The number of aliphatic hydroxyl groups is 2. The predicted molar refractivity (Wildman–Crippen MR) is 280 cm³/mol. The molecule has 4 heteroatoms. The van der Waals surface area contributed by atoms with E-state index >= 15 is 0 Å². The number of hydrogen-bond donors (Lipinski definition) is 3. The van der Waals surface area contributed by atoms with Crippen molar-refractivity contribution in [3.05, 3.63) is 109 Å². The number of aliphatic hydroxyl groups excluding tert-OH is 2. The van der Waals surface area contributed by atoms with Gasteiger partial charge < -0.3 is 15.5 Å². The van der Waals surface area contributed by atoms with Crippen molar-refractivity contribution < 1.29 is 15.0 Å². The van der Waals surface area contributed by atoms with Crippen LogP contribution in [-0.2, 0) is 4.79 Å². The van der Waals surface area contributed by atoms with Crippen molar-refractivity contribution >= 4 is 5.91 Å². The summed E-state index contributed by atoms with van der Waals surface area (Å²) >= 11 is 0. The van der Waals surface area contributed by atoms with Gasteiger partial charge in [0.25, 0.3) is 0 Å². The molecule has 0 heterocycles. The monoisotopic (exact) mass is 872 g/mol. The number of carbonyl (C=O) groups is 1. The van der Waals surface area contributed by atoms with E-state index in [4.69, 9.17) is 0 Å². The second kappa shape index (κ2) is 53.4. The fourth-order valence-corrected chi connectivity index (χ4v) is 7.45. The molecule has 0 saturated carbocycles. The third-order valence-electron chi connectivity index (χ3n) is 11.5. The van der Waals surface area contributed by atoms with Crippen LogP contribution >= 0.6 is 0 Å². The summed E-state index contributed by atoms with van der Waals surface area (Å²) in [6, 6.07) is -0.652. The Morgan fingerprint density at radius 2 is 0.714 bits per heavy atom. The summed E-state index contributed by atoms with van der Waals surface area (Å²) in [7, 11) is 0. The Kier molecular flexibility index (Phi) is 50.9. The smallest absolute Gasteiger partial charge is 0.220 e. The van der Waals surface area contributed by atoms with Gasteiger partial charge in [0.2, 0.25) is 5.91 Å². The fraction of sp³-hybridized carbons (Fsp3) is 0.678. The van der Waals surface area contributed by atoms with E-state index in [0.717, 1.165) is 77.0 Å². The summed E-state index contributed by atoms with van der Waals surface area (Å²) in [6.45, 7) is 4.17. The van der Waals surface area contributed by atoms with Gasteiger partial charge in [-0.15, -0.1) is 0 Å². The molecule has 0 radical (unpaired) electrons. The molecule has 63 heavy (non-hydrogen) atoms. The third-order valence-corrected chi connectivity index (χ3v) is 11.5. The zero-order valence-corrected chi connectivity index (χ0v) is 41.3. The molecule has 0 aliphatic carbocycles. The van der Waals surface area contributed by atoms with Crippen molar-refractivity contribution in [2.45, 2.75) is 251 Å². The van der Waals surface area contributed by atoms with Crippen LogP contribution in [-0.4, -0.2) is 34.9 Å². The SMILES string of the molecule is CC/C=C\C/C=C\C/C=C\C/C=C\C/C=C\C/C=C\CCCCCCCCCCCCCCCCC(=O)NC(CO)C(O)/C=C/CC/C=C/CC/C=C/CCCCCCCCCC. The first-order valence-corrected chi connectivity index (χ1v) is 26.6. The van der Waals surface area contributed by atoms with E-state index in [-0.39, 0.29) is 12.5 Å². The third kappa shape index (κ3) is 49.9. The molecule has 360 valence electrons. The average molecular weight is 872 g/mol. The maximum absolute atomic E-state index is 12.4. The zero-order chi connectivity index (χ0) is 45.6. The maximum Gasteiger partial charge on any atom is 0.220 e. The topological polar surface area (TPSA) is 69.6 Å². The van der Waals surface area contributed by atoms with Gasteiger partial charge in [0.05, 0.1) is 18.8 Å². The number of allylic oxidation sites excluding steroid dienone is 17. The minimum Gasteiger partial charge on any atom is -0.394 e. The van der Waals surface area contributed by atoms with E-state index < -0.39 is 12.1 Å². The van der Waals surface area contributed by atoms with Crippen molar-refractivity contribution in [3.63, 3.8) is 0 Å². The Hall–Kier alpha value is -2.95. The van der Waals surface area contributed by atoms with Crippen molar-refractivity contribution in [2.24, 2.45) is 0 Å². The number of amides is 1. The second-order valence-corrected chi connectivity index (χ2v) is 17.5. The maximum atomic E-state index is 12.4. The van der Waals surface area contributed by atoms with E-state index in [1.165, 1.54) is 141 Å². The van der Waals surface area contributed by atoms with Crippen LogP contribution < -0.4 is 5.32 Å². The quantitative estimate of drug-likeness (QED) is 0.0421. The van der Waals surface area contributed by atoms with Gasteiger partial charge in [-0.05, 0) is 96.3 Å². The molecule has 0 saturated heterocycles. The average Bonchev–Trinajstić information content (AvgIpc) is 3.29. The van der Waals surface area contributed by atoms with E-state index in [9.17, 15) is 15.0 Å². The molecule has 0 fully saturated rings. The molecule has 1 amide bonds. The number of rotatable bonds is 47. The molecule has 2 unspecified atom stereocenters. The molecule has 4 nitrogen and oxygen atoms in total. The van der Waals surface area contributed by atoms with Crippen molar-refractivity contribution in [3.8, 4) is 0 Å². The van der Waals surface area contributed by atoms with Crippen LogP contribution in [0.1, 0.15) is 239 Å². The van der Waals surface area contributed by atoms with Crippen molar-refractivity contribution in [2.75, 3.05) is 6.61 Å². The highest BCUT2D eigenvalue weighted by Gasteiger charge is 2.17. The number of nitrogens with one attached hydrogen (secondary N) is 1.